The summed E-state index contributed by atoms with van der Waals surface area (Å²) in [6, 6.07) is 11.6. The highest BCUT2D eigenvalue weighted by atomic mass is 32.2. The zero-order valence-corrected chi connectivity index (χ0v) is 19.6. The average Bonchev–Trinajstić information content (AvgIpc) is 3.49. The number of sulfonamides is 1. The van der Waals surface area contributed by atoms with E-state index in [-0.39, 0.29) is 11.8 Å². The van der Waals surface area contributed by atoms with Crippen molar-refractivity contribution >= 4 is 48.8 Å². The Labute approximate surface area is 190 Å². The molecule has 2 aromatic heterocycles. The number of carbonyl (C=O) groups excluding carboxylic acids is 1. The fourth-order valence-electron chi connectivity index (χ4n) is 4.55. The minimum absolute atomic E-state index is 0.0752. The number of thiophene rings is 1. The van der Waals surface area contributed by atoms with Gasteiger partial charge >= 0.3 is 0 Å². The van der Waals surface area contributed by atoms with Crippen LogP contribution in [0, 0.1) is 5.92 Å². The van der Waals surface area contributed by atoms with E-state index in [0.29, 0.717) is 36.1 Å². The first kappa shape index (κ1) is 21.1. The van der Waals surface area contributed by atoms with Crippen LogP contribution >= 0.6 is 22.7 Å². The van der Waals surface area contributed by atoms with Gasteiger partial charge in [0.1, 0.15) is 4.21 Å². The third kappa shape index (κ3) is 4.16. The van der Waals surface area contributed by atoms with Gasteiger partial charge in [-0.25, -0.2) is 13.4 Å². The first-order valence-corrected chi connectivity index (χ1v) is 13.8. The summed E-state index contributed by atoms with van der Waals surface area (Å²) in [7, 11) is -3.42. The van der Waals surface area contributed by atoms with Crippen LogP contribution in [0.2, 0.25) is 0 Å². The van der Waals surface area contributed by atoms with Crippen LogP contribution in [-0.2, 0) is 14.8 Å². The predicted octanol–water partition coefficient (Wildman–Crippen LogP) is 4.16. The highest BCUT2D eigenvalue weighted by Crippen LogP contribution is 2.35. The van der Waals surface area contributed by atoms with E-state index < -0.39 is 10.0 Å². The predicted molar refractivity (Wildman–Crippen MR) is 124 cm³/mol. The zero-order valence-electron chi connectivity index (χ0n) is 17.1. The van der Waals surface area contributed by atoms with Crippen LogP contribution in [0.5, 0.6) is 0 Å². The lowest BCUT2D eigenvalue weighted by Gasteiger charge is -2.36. The van der Waals surface area contributed by atoms with Crippen molar-refractivity contribution < 1.29 is 13.2 Å². The summed E-state index contributed by atoms with van der Waals surface area (Å²) < 4.78 is 28.5. The van der Waals surface area contributed by atoms with E-state index in [1.54, 1.807) is 28.8 Å². The summed E-state index contributed by atoms with van der Waals surface area (Å²) >= 11 is 3.01. The maximum absolute atomic E-state index is 13.1. The van der Waals surface area contributed by atoms with Crippen LogP contribution in [-0.4, -0.2) is 54.7 Å². The van der Waals surface area contributed by atoms with Gasteiger partial charge in [-0.3, -0.25) is 4.79 Å². The number of likely N-dealkylation sites (tertiary alicyclic amines) is 1. The number of hydrogen-bond acceptors (Lipinski definition) is 6. The molecule has 3 aromatic rings. The number of nitrogens with zero attached hydrogens (tertiary/aromatic N) is 3. The van der Waals surface area contributed by atoms with Crippen LogP contribution < -0.4 is 0 Å². The largest absolute Gasteiger partial charge is 0.342 e. The minimum atomic E-state index is -3.42. The van der Waals surface area contributed by atoms with E-state index in [1.165, 1.54) is 25.3 Å². The van der Waals surface area contributed by atoms with Gasteiger partial charge in [-0.2, -0.15) is 4.31 Å². The highest BCUT2D eigenvalue weighted by Gasteiger charge is 2.35. The number of benzene rings is 1. The first-order valence-electron chi connectivity index (χ1n) is 10.7. The third-order valence-electron chi connectivity index (χ3n) is 6.36. The number of thiazole rings is 1. The van der Waals surface area contributed by atoms with Gasteiger partial charge in [-0.05, 0) is 49.3 Å². The molecule has 2 saturated heterocycles. The Hall–Kier alpha value is -1.81. The molecule has 0 aliphatic carbocycles. The maximum Gasteiger partial charge on any atom is 0.252 e. The van der Waals surface area contributed by atoms with Crippen LogP contribution in [0.4, 0.5) is 0 Å². The second kappa shape index (κ2) is 8.61. The summed E-state index contributed by atoms with van der Waals surface area (Å²) in [5.41, 5.74) is 1.06. The molecule has 164 valence electrons. The third-order valence-corrected chi connectivity index (χ3v) is 10.8. The summed E-state index contributed by atoms with van der Waals surface area (Å²) in [4.78, 5) is 19.9. The zero-order chi connectivity index (χ0) is 21.4. The minimum Gasteiger partial charge on any atom is -0.342 e. The van der Waals surface area contributed by atoms with Gasteiger partial charge in [0.15, 0.2) is 0 Å². The molecule has 0 unspecified atom stereocenters. The Morgan fingerprint density at radius 3 is 2.39 bits per heavy atom. The molecule has 0 N–H and O–H groups in total. The number of fused-ring (bicyclic) bond motifs is 1. The monoisotopic (exact) mass is 475 g/mol. The SMILES string of the molecule is O=C(C1CCN(S(=O)(=O)c2cccs2)CC1)N1CCC(c2nc3ccccc3s2)CC1. The van der Waals surface area contributed by atoms with Gasteiger partial charge in [0.25, 0.3) is 10.0 Å². The van der Waals surface area contributed by atoms with E-state index in [4.69, 9.17) is 4.98 Å². The highest BCUT2D eigenvalue weighted by molar-refractivity contribution is 7.91. The van der Waals surface area contributed by atoms with Crippen LogP contribution in [0.15, 0.2) is 46.0 Å². The average molecular weight is 476 g/mol. The van der Waals surface area contributed by atoms with Crippen molar-refractivity contribution in [3.63, 3.8) is 0 Å². The van der Waals surface area contributed by atoms with Gasteiger partial charge in [0.05, 0.1) is 15.2 Å². The number of aromatic nitrogens is 1. The molecular formula is C22H25N3O3S3. The van der Waals surface area contributed by atoms with Crippen molar-refractivity contribution in [3.05, 3.63) is 46.8 Å². The Morgan fingerprint density at radius 2 is 1.71 bits per heavy atom. The fraction of sp³-hybridized carbons (Fsp3) is 0.455. The van der Waals surface area contributed by atoms with Gasteiger partial charge in [0, 0.05) is 38.0 Å². The molecular weight excluding hydrogens is 450 g/mol. The Balaban J connectivity index is 1.16. The first-order chi connectivity index (χ1) is 15.0. The van der Waals surface area contributed by atoms with Crippen molar-refractivity contribution in [2.24, 2.45) is 5.92 Å². The number of para-hydroxylation sites is 1. The molecule has 2 aliphatic rings. The van der Waals surface area contributed by atoms with Crippen molar-refractivity contribution in [1.82, 2.24) is 14.2 Å². The molecule has 6 nitrogen and oxygen atoms in total. The maximum atomic E-state index is 13.1. The molecule has 1 aromatic carbocycles. The molecule has 4 heterocycles. The molecule has 0 spiro atoms. The molecule has 2 aliphatic heterocycles. The molecule has 0 saturated carbocycles. The molecule has 5 rings (SSSR count). The number of rotatable bonds is 4. The summed E-state index contributed by atoms with van der Waals surface area (Å²) in [5.74, 6) is 0.531. The Kier molecular flexibility index (Phi) is 5.85. The molecule has 31 heavy (non-hydrogen) atoms. The molecule has 0 atom stereocenters. The quantitative estimate of drug-likeness (QED) is 0.568. The van der Waals surface area contributed by atoms with E-state index in [9.17, 15) is 13.2 Å². The standard InChI is InChI=1S/C22H25N3O3S3/c26-22(17-9-13-25(14-10-17)31(27,28)20-6-3-15-29-20)24-11-7-16(8-12-24)21-23-18-4-1-2-5-19(18)30-21/h1-6,15-17H,7-14H2. The van der Waals surface area contributed by atoms with Crippen molar-refractivity contribution in [2.75, 3.05) is 26.2 Å². The number of carbonyl (C=O) groups is 1. The van der Waals surface area contributed by atoms with Gasteiger partial charge in [0.2, 0.25) is 5.91 Å². The van der Waals surface area contributed by atoms with Crippen molar-refractivity contribution in [1.29, 1.82) is 0 Å². The lowest BCUT2D eigenvalue weighted by atomic mass is 9.93. The van der Waals surface area contributed by atoms with Gasteiger partial charge in [-0.1, -0.05) is 18.2 Å². The van der Waals surface area contributed by atoms with Crippen LogP contribution in [0.3, 0.4) is 0 Å². The van der Waals surface area contributed by atoms with E-state index in [1.807, 2.05) is 17.0 Å². The summed E-state index contributed by atoms with van der Waals surface area (Å²) in [6.07, 6.45) is 3.08. The smallest absolute Gasteiger partial charge is 0.252 e. The number of piperidine rings is 2. The Morgan fingerprint density at radius 1 is 0.968 bits per heavy atom. The molecule has 1 amide bonds. The molecule has 9 heteroatoms. The van der Waals surface area contributed by atoms with Crippen LogP contribution in [0.1, 0.15) is 36.6 Å². The second-order valence-corrected chi connectivity index (χ2v) is 12.4. The van der Waals surface area contributed by atoms with Crippen molar-refractivity contribution in [3.8, 4) is 0 Å². The lowest BCUT2D eigenvalue weighted by molar-refractivity contribution is -0.137. The van der Waals surface area contributed by atoms with Crippen molar-refractivity contribution in [2.45, 2.75) is 35.8 Å². The summed E-state index contributed by atoms with van der Waals surface area (Å²) in [6.45, 7) is 2.35. The normalized spacial score (nSPS) is 19.8. The topological polar surface area (TPSA) is 70.6 Å². The second-order valence-electron chi connectivity index (χ2n) is 8.23. The molecule has 0 radical (unpaired) electrons. The lowest BCUT2D eigenvalue weighted by Crippen LogP contribution is -2.46. The van der Waals surface area contributed by atoms with Gasteiger partial charge < -0.3 is 4.90 Å². The molecule has 2 fully saturated rings. The number of hydrogen-bond donors (Lipinski definition) is 0. The molecule has 0 bridgehead atoms. The summed E-state index contributed by atoms with van der Waals surface area (Å²) in [5, 5.41) is 2.96. The van der Waals surface area contributed by atoms with E-state index >= 15 is 0 Å². The number of amides is 1. The van der Waals surface area contributed by atoms with Crippen LogP contribution in [0.25, 0.3) is 10.2 Å². The van der Waals surface area contributed by atoms with Gasteiger partial charge in [-0.15, -0.1) is 22.7 Å². The van der Waals surface area contributed by atoms with E-state index in [2.05, 4.69) is 12.1 Å². The Bertz CT molecular complexity index is 1120. The fourth-order valence-corrected chi connectivity index (χ4v) is 8.30. The van der Waals surface area contributed by atoms with E-state index in [0.717, 1.165) is 31.4 Å².